The van der Waals surface area contributed by atoms with Gasteiger partial charge in [-0.2, -0.15) is 0 Å². The van der Waals surface area contributed by atoms with Gasteiger partial charge in [0.05, 0.1) is 0 Å². The van der Waals surface area contributed by atoms with Crippen molar-refractivity contribution in [3.8, 4) is 26.6 Å². The third-order valence-electron chi connectivity index (χ3n) is 4.67. The topological polar surface area (TPSA) is 42.6 Å². The second-order valence-corrected chi connectivity index (χ2v) is 7.30. The van der Waals surface area contributed by atoms with Gasteiger partial charge in [0, 0.05) is 21.2 Å². The molecule has 0 saturated carbocycles. The van der Waals surface area contributed by atoms with Crippen molar-refractivity contribution in [2.24, 2.45) is 0 Å². The average molecular weight is 370 g/mol. The highest BCUT2D eigenvalue weighted by Crippen LogP contribution is 2.37. The largest absolute Gasteiger partial charge is 0.531 e. The van der Waals surface area contributed by atoms with Crippen molar-refractivity contribution in [1.82, 2.24) is 0 Å². The van der Waals surface area contributed by atoms with Gasteiger partial charge in [-0.25, -0.2) is 0 Å². The molecule has 2 heterocycles. The number of fused-ring (bicyclic) bond motifs is 3. The molecule has 0 aliphatic rings. The second kappa shape index (κ2) is 6.61. The Morgan fingerprint density at radius 2 is 1.56 bits per heavy atom. The molecule has 5 rings (SSSR count). The van der Waals surface area contributed by atoms with Gasteiger partial charge in [-0.1, -0.05) is 60.7 Å². The lowest BCUT2D eigenvalue weighted by molar-refractivity contribution is 0.461. The molecule has 0 aliphatic carbocycles. The Balaban J connectivity index is 1.56. The van der Waals surface area contributed by atoms with Crippen LogP contribution in [-0.4, -0.2) is 12.7 Å². The van der Waals surface area contributed by atoms with E-state index in [2.05, 4.69) is 48.5 Å². The van der Waals surface area contributed by atoms with Crippen LogP contribution < -0.4 is 4.65 Å². The summed E-state index contributed by atoms with van der Waals surface area (Å²) in [5.41, 5.74) is 5.15. The van der Waals surface area contributed by atoms with Crippen LogP contribution in [0.2, 0.25) is 0 Å². The fraction of sp³-hybridized carbons (Fsp3) is 0. The Bertz CT molecular complexity index is 1240. The molecule has 3 nitrogen and oxygen atoms in total. The zero-order valence-corrected chi connectivity index (χ0v) is 15.2. The average Bonchev–Trinajstić information content (AvgIpc) is 3.33. The lowest BCUT2D eigenvalue weighted by Crippen LogP contribution is -1.97. The standard InChI is InChI=1S/C22H15BO3S/c24-23-26-21-13-12-20(27-21)15-10-8-14(9-11-15)16-5-3-6-18-17-4-1-2-7-19(17)25-22(16)18/h1-13,23-24H. The van der Waals surface area contributed by atoms with Gasteiger partial charge in [-0.15, -0.1) is 11.3 Å². The van der Waals surface area contributed by atoms with Crippen LogP contribution in [0.15, 0.2) is 83.3 Å². The number of rotatable bonds is 4. The van der Waals surface area contributed by atoms with E-state index < -0.39 is 0 Å². The Labute approximate surface area is 160 Å². The van der Waals surface area contributed by atoms with Crippen LogP contribution in [0.5, 0.6) is 5.06 Å². The van der Waals surface area contributed by atoms with Gasteiger partial charge in [-0.05, 0) is 29.3 Å². The van der Waals surface area contributed by atoms with E-state index in [-0.39, 0.29) is 7.69 Å². The van der Waals surface area contributed by atoms with E-state index in [1.54, 1.807) is 0 Å². The minimum absolute atomic E-state index is 0.305. The number of benzene rings is 3. The molecule has 0 bridgehead atoms. The lowest BCUT2D eigenvalue weighted by atomic mass is 10.0. The molecule has 0 saturated heterocycles. The van der Waals surface area contributed by atoms with E-state index in [1.165, 1.54) is 11.3 Å². The van der Waals surface area contributed by atoms with E-state index in [0.717, 1.165) is 43.5 Å². The van der Waals surface area contributed by atoms with E-state index in [4.69, 9.17) is 14.1 Å². The molecule has 2 aromatic heterocycles. The van der Waals surface area contributed by atoms with Crippen molar-refractivity contribution in [3.63, 3.8) is 0 Å². The van der Waals surface area contributed by atoms with Crippen molar-refractivity contribution < 1.29 is 14.1 Å². The molecule has 130 valence electrons. The maximum Gasteiger partial charge on any atom is 0.504 e. The Kier molecular flexibility index (Phi) is 3.96. The zero-order chi connectivity index (χ0) is 18.2. The van der Waals surface area contributed by atoms with E-state index in [0.29, 0.717) is 5.06 Å². The number of para-hydroxylation sites is 2. The highest BCUT2D eigenvalue weighted by atomic mass is 32.1. The first kappa shape index (κ1) is 16.2. The Hall–Kier alpha value is -3.02. The number of hydrogen-bond donors (Lipinski definition) is 1. The fourth-order valence-electron chi connectivity index (χ4n) is 3.41. The number of furan rings is 1. The van der Waals surface area contributed by atoms with Crippen molar-refractivity contribution >= 4 is 41.0 Å². The molecule has 27 heavy (non-hydrogen) atoms. The van der Waals surface area contributed by atoms with E-state index in [9.17, 15) is 0 Å². The van der Waals surface area contributed by atoms with Gasteiger partial charge < -0.3 is 14.1 Å². The molecule has 3 aromatic carbocycles. The maximum atomic E-state index is 8.88. The molecule has 5 heteroatoms. The summed E-state index contributed by atoms with van der Waals surface area (Å²) in [6.07, 6.45) is 0. The molecule has 0 aliphatic heterocycles. The summed E-state index contributed by atoms with van der Waals surface area (Å²) in [6.45, 7) is 0. The van der Waals surface area contributed by atoms with Crippen LogP contribution in [-0.2, 0) is 0 Å². The highest BCUT2D eigenvalue weighted by molar-refractivity contribution is 7.17. The van der Waals surface area contributed by atoms with Crippen molar-refractivity contribution in [3.05, 3.63) is 78.9 Å². The normalized spacial score (nSPS) is 11.1. The molecule has 0 spiro atoms. The zero-order valence-electron chi connectivity index (χ0n) is 14.4. The van der Waals surface area contributed by atoms with Gasteiger partial charge in [-0.3, -0.25) is 0 Å². The van der Waals surface area contributed by atoms with Gasteiger partial charge >= 0.3 is 7.69 Å². The summed E-state index contributed by atoms with van der Waals surface area (Å²) >= 11 is 1.52. The van der Waals surface area contributed by atoms with E-state index >= 15 is 0 Å². The van der Waals surface area contributed by atoms with Gasteiger partial charge in [0.1, 0.15) is 11.2 Å². The van der Waals surface area contributed by atoms with E-state index in [1.807, 2.05) is 30.3 Å². The van der Waals surface area contributed by atoms with Crippen LogP contribution >= 0.6 is 11.3 Å². The van der Waals surface area contributed by atoms with Crippen LogP contribution in [0.25, 0.3) is 43.5 Å². The minimum Gasteiger partial charge on any atom is -0.531 e. The van der Waals surface area contributed by atoms with Crippen LogP contribution in [0.1, 0.15) is 0 Å². The Morgan fingerprint density at radius 1 is 0.778 bits per heavy atom. The van der Waals surface area contributed by atoms with Gasteiger partial charge in [0.25, 0.3) is 0 Å². The Morgan fingerprint density at radius 3 is 2.41 bits per heavy atom. The summed E-state index contributed by atoms with van der Waals surface area (Å²) in [7, 11) is -0.305. The summed E-state index contributed by atoms with van der Waals surface area (Å²) in [6, 6.07) is 26.7. The van der Waals surface area contributed by atoms with Gasteiger partial charge in [0.2, 0.25) is 0 Å². The van der Waals surface area contributed by atoms with Crippen LogP contribution in [0, 0.1) is 0 Å². The predicted octanol–water partition coefficient (Wildman–Crippen LogP) is 5.62. The first-order chi connectivity index (χ1) is 13.3. The van der Waals surface area contributed by atoms with Crippen molar-refractivity contribution in [1.29, 1.82) is 0 Å². The van der Waals surface area contributed by atoms with Crippen LogP contribution in [0.3, 0.4) is 0 Å². The lowest BCUT2D eigenvalue weighted by Gasteiger charge is -2.04. The molecular weight excluding hydrogens is 355 g/mol. The highest BCUT2D eigenvalue weighted by Gasteiger charge is 2.12. The van der Waals surface area contributed by atoms with Crippen molar-refractivity contribution in [2.75, 3.05) is 0 Å². The summed E-state index contributed by atoms with van der Waals surface area (Å²) in [5.74, 6) is 0. The number of hydrogen-bond acceptors (Lipinski definition) is 4. The summed E-state index contributed by atoms with van der Waals surface area (Å²) < 4.78 is 11.3. The molecule has 0 amide bonds. The first-order valence-corrected chi connectivity index (χ1v) is 9.50. The minimum atomic E-state index is -0.305. The SMILES string of the molecule is OBOc1ccc(-c2ccc(-c3cccc4c3oc3ccccc34)cc2)s1. The third-order valence-corrected chi connectivity index (χ3v) is 5.72. The monoisotopic (exact) mass is 370 g/mol. The maximum absolute atomic E-state index is 8.88. The second-order valence-electron chi connectivity index (χ2n) is 6.25. The summed E-state index contributed by atoms with van der Waals surface area (Å²) in [5, 5.41) is 11.9. The number of thiophene rings is 1. The molecule has 0 atom stereocenters. The molecule has 1 N–H and O–H groups in total. The first-order valence-electron chi connectivity index (χ1n) is 8.68. The third kappa shape index (κ3) is 2.81. The molecular formula is C22H15BO3S. The predicted molar refractivity (Wildman–Crippen MR) is 112 cm³/mol. The van der Waals surface area contributed by atoms with Gasteiger partial charge in [0.15, 0.2) is 5.06 Å². The van der Waals surface area contributed by atoms with Crippen molar-refractivity contribution in [2.45, 2.75) is 0 Å². The smallest absolute Gasteiger partial charge is 0.504 e. The quantitative estimate of drug-likeness (QED) is 0.418. The molecule has 0 radical (unpaired) electrons. The molecule has 0 fully saturated rings. The molecule has 0 unspecified atom stereocenters. The fourth-order valence-corrected chi connectivity index (χ4v) is 4.26. The molecule has 5 aromatic rings. The summed E-state index contributed by atoms with van der Waals surface area (Å²) in [4.78, 5) is 1.10. The van der Waals surface area contributed by atoms with Crippen LogP contribution in [0.4, 0.5) is 0 Å².